The molecule has 0 aliphatic carbocycles. The van der Waals surface area contributed by atoms with Gasteiger partial charge in [-0.3, -0.25) is 4.99 Å². The summed E-state index contributed by atoms with van der Waals surface area (Å²) < 4.78 is 0. The van der Waals surface area contributed by atoms with Gasteiger partial charge in [0.25, 0.3) is 0 Å². The number of benzene rings is 1. The molecule has 5 nitrogen and oxygen atoms in total. The van der Waals surface area contributed by atoms with Crippen molar-refractivity contribution in [1.29, 1.82) is 0 Å². The number of nitrogens with zero attached hydrogens (tertiary/aromatic N) is 4. The van der Waals surface area contributed by atoms with Crippen molar-refractivity contribution in [3.05, 3.63) is 65.9 Å². The van der Waals surface area contributed by atoms with Gasteiger partial charge in [0.15, 0.2) is 5.96 Å². The molecule has 2 aliphatic heterocycles. The van der Waals surface area contributed by atoms with Crippen molar-refractivity contribution in [3.63, 3.8) is 0 Å². The zero-order valence-electron chi connectivity index (χ0n) is 17.3. The van der Waals surface area contributed by atoms with Crippen molar-refractivity contribution in [2.24, 2.45) is 4.99 Å². The van der Waals surface area contributed by atoms with Crippen molar-refractivity contribution in [2.45, 2.75) is 32.2 Å². The molecule has 3 heterocycles. The highest BCUT2D eigenvalue weighted by molar-refractivity contribution is 5.81. The summed E-state index contributed by atoms with van der Waals surface area (Å²) in [6, 6.07) is 15.0. The van der Waals surface area contributed by atoms with Crippen LogP contribution in [0.15, 0.2) is 59.7 Å². The van der Waals surface area contributed by atoms with Crippen LogP contribution in [-0.2, 0) is 6.54 Å². The molecular weight excluding hydrogens is 358 g/mol. The predicted octanol–water partition coefficient (Wildman–Crippen LogP) is 3.94. The number of guanidine groups is 1. The Balaban J connectivity index is 1.35. The molecule has 1 saturated heterocycles. The number of hydrogen-bond acceptors (Lipinski definition) is 3. The van der Waals surface area contributed by atoms with E-state index in [-0.39, 0.29) is 0 Å². The minimum Gasteiger partial charge on any atom is -0.357 e. The van der Waals surface area contributed by atoms with Gasteiger partial charge in [-0.2, -0.15) is 0 Å². The highest BCUT2D eigenvalue weighted by Crippen LogP contribution is 2.22. The van der Waals surface area contributed by atoms with Gasteiger partial charge in [0.2, 0.25) is 0 Å². The summed E-state index contributed by atoms with van der Waals surface area (Å²) in [5.74, 6) is 2.07. The van der Waals surface area contributed by atoms with Gasteiger partial charge in [0, 0.05) is 46.0 Å². The molecule has 1 N–H and O–H groups in total. The Kier molecular flexibility index (Phi) is 6.45. The first-order valence-corrected chi connectivity index (χ1v) is 10.7. The maximum Gasteiger partial charge on any atom is 0.194 e. The fourth-order valence-corrected chi connectivity index (χ4v) is 4.16. The van der Waals surface area contributed by atoms with E-state index in [1.54, 1.807) is 0 Å². The molecular formula is C24H31N5. The number of hydrogen-bond donors (Lipinski definition) is 1. The standard InChI is InChI=1S/C24H31N5/c1-25-24(29-16-11-22(12-17-29)21-8-4-2-5-9-21)27-19-20-10-13-26-23(18-20)28-14-6-3-7-15-28/h2,4-5,8-11,13,18H,3,6-7,12,14-17,19H2,1H3,(H,25,27). The number of pyridine rings is 1. The molecule has 2 aliphatic rings. The van der Waals surface area contributed by atoms with Gasteiger partial charge in [0.05, 0.1) is 0 Å². The van der Waals surface area contributed by atoms with Gasteiger partial charge in [-0.25, -0.2) is 4.98 Å². The van der Waals surface area contributed by atoms with Gasteiger partial charge < -0.3 is 15.1 Å². The van der Waals surface area contributed by atoms with Crippen LogP contribution in [0.3, 0.4) is 0 Å². The molecule has 4 rings (SSSR count). The largest absolute Gasteiger partial charge is 0.357 e. The molecule has 0 unspecified atom stereocenters. The van der Waals surface area contributed by atoms with Gasteiger partial charge in [-0.1, -0.05) is 36.4 Å². The molecule has 0 amide bonds. The van der Waals surface area contributed by atoms with Crippen LogP contribution in [0.1, 0.15) is 36.8 Å². The van der Waals surface area contributed by atoms with Crippen molar-refractivity contribution in [3.8, 4) is 0 Å². The van der Waals surface area contributed by atoms with E-state index in [4.69, 9.17) is 0 Å². The SMILES string of the molecule is CN=C(NCc1ccnc(N2CCCCC2)c1)N1CC=C(c2ccccc2)CC1. The number of nitrogens with one attached hydrogen (secondary N) is 1. The minimum absolute atomic E-state index is 0.766. The molecule has 1 aromatic carbocycles. The highest BCUT2D eigenvalue weighted by Gasteiger charge is 2.16. The molecule has 29 heavy (non-hydrogen) atoms. The molecule has 0 radical (unpaired) electrons. The van der Waals surface area contributed by atoms with Crippen molar-refractivity contribution in [2.75, 3.05) is 38.1 Å². The second-order valence-corrected chi connectivity index (χ2v) is 7.76. The Labute approximate surface area is 174 Å². The lowest BCUT2D eigenvalue weighted by Crippen LogP contribution is -2.43. The summed E-state index contributed by atoms with van der Waals surface area (Å²) in [4.78, 5) is 13.8. The van der Waals surface area contributed by atoms with Gasteiger partial charge in [-0.05, 0) is 54.5 Å². The van der Waals surface area contributed by atoms with E-state index in [0.717, 1.165) is 50.9 Å². The number of piperidine rings is 1. The molecule has 1 fully saturated rings. The smallest absolute Gasteiger partial charge is 0.194 e. The third kappa shape index (κ3) is 4.97. The van der Waals surface area contributed by atoms with E-state index in [2.05, 4.69) is 73.6 Å². The zero-order chi connectivity index (χ0) is 19.9. The van der Waals surface area contributed by atoms with E-state index in [1.165, 1.54) is 36.0 Å². The third-order valence-electron chi connectivity index (χ3n) is 5.81. The fourth-order valence-electron chi connectivity index (χ4n) is 4.16. The van der Waals surface area contributed by atoms with Crippen molar-refractivity contribution < 1.29 is 0 Å². The summed E-state index contributed by atoms with van der Waals surface area (Å²) >= 11 is 0. The highest BCUT2D eigenvalue weighted by atomic mass is 15.3. The quantitative estimate of drug-likeness (QED) is 0.635. The zero-order valence-corrected chi connectivity index (χ0v) is 17.3. The number of rotatable bonds is 4. The summed E-state index contributed by atoms with van der Waals surface area (Å²) in [6.45, 7) is 4.88. The van der Waals surface area contributed by atoms with Crippen LogP contribution < -0.4 is 10.2 Å². The lowest BCUT2D eigenvalue weighted by atomic mass is 10.00. The molecule has 1 aromatic heterocycles. The van der Waals surface area contributed by atoms with Crippen LogP contribution in [0.2, 0.25) is 0 Å². The van der Waals surface area contributed by atoms with Gasteiger partial charge >= 0.3 is 0 Å². The van der Waals surface area contributed by atoms with Gasteiger partial charge in [0.1, 0.15) is 5.82 Å². The molecule has 0 bridgehead atoms. The second-order valence-electron chi connectivity index (χ2n) is 7.76. The minimum atomic E-state index is 0.766. The molecule has 0 spiro atoms. The molecule has 2 aromatic rings. The van der Waals surface area contributed by atoms with Crippen LogP contribution in [0.4, 0.5) is 5.82 Å². The monoisotopic (exact) mass is 389 g/mol. The maximum absolute atomic E-state index is 4.59. The Hall–Kier alpha value is -2.82. The average Bonchev–Trinajstić information content (AvgIpc) is 2.81. The number of aromatic nitrogens is 1. The van der Waals surface area contributed by atoms with E-state index in [1.807, 2.05) is 13.2 Å². The summed E-state index contributed by atoms with van der Waals surface area (Å²) in [7, 11) is 1.87. The summed E-state index contributed by atoms with van der Waals surface area (Å²) in [5.41, 5.74) is 4.01. The van der Waals surface area contributed by atoms with Crippen LogP contribution >= 0.6 is 0 Å². The van der Waals surface area contributed by atoms with Crippen LogP contribution in [0, 0.1) is 0 Å². The summed E-state index contributed by atoms with van der Waals surface area (Å²) in [5, 5.41) is 3.54. The topological polar surface area (TPSA) is 43.8 Å². The van der Waals surface area contributed by atoms with Gasteiger partial charge in [-0.15, -0.1) is 0 Å². The Morgan fingerprint density at radius 3 is 2.62 bits per heavy atom. The third-order valence-corrected chi connectivity index (χ3v) is 5.81. The number of aliphatic imine (C=N–C) groups is 1. The number of anilines is 1. The Morgan fingerprint density at radius 1 is 1.07 bits per heavy atom. The first kappa shape index (κ1) is 19.5. The van der Waals surface area contributed by atoms with Crippen LogP contribution in [0.5, 0.6) is 0 Å². The van der Waals surface area contributed by atoms with Crippen molar-refractivity contribution >= 4 is 17.4 Å². The molecule has 0 atom stereocenters. The molecule has 152 valence electrons. The lowest BCUT2D eigenvalue weighted by Gasteiger charge is -2.30. The first-order chi connectivity index (χ1) is 14.3. The second kappa shape index (κ2) is 9.59. The molecule has 0 saturated carbocycles. The van der Waals surface area contributed by atoms with Crippen LogP contribution in [0.25, 0.3) is 5.57 Å². The lowest BCUT2D eigenvalue weighted by molar-refractivity contribution is 0.440. The van der Waals surface area contributed by atoms with Crippen molar-refractivity contribution in [1.82, 2.24) is 15.2 Å². The van der Waals surface area contributed by atoms with E-state index in [9.17, 15) is 0 Å². The predicted molar refractivity (Wildman–Crippen MR) is 121 cm³/mol. The maximum atomic E-state index is 4.59. The van der Waals surface area contributed by atoms with E-state index in [0.29, 0.717) is 0 Å². The van der Waals surface area contributed by atoms with E-state index >= 15 is 0 Å². The van der Waals surface area contributed by atoms with E-state index < -0.39 is 0 Å². The van der Waals surface area contributed by atoms with Crippen LogP contribution in [-0.4, -0.2) is 49.1 Å². The Bertz CT molecular complexity index is 853. The first-order valence-electron chi connectivity index (χ1n) is 10.7. The summed E-state index contributed by atoms with van der Waals surface area (Å²) in [6.07, 6.45) is 9.17. The Morgan fingerprint density at radius 2 is 1.90 bits per heavy atom. The average molecular weight is 390 g/mol. The fraction of sp³-hybridized carbons (Fsp3) is 0.417. The molecule has 5 heteroatoms. The normalized spacial score (nSPS) is 17.8.